The maximum absolute atomic E-state index is 12.4. The molecule has 2 rings (SSSR count). The molecule has 0 aliphatic heterocycles. The standard InChI is InChI=1S/C12H9BrF3N3O4S/c1-22-11-10(17-6-9(13)18-11)19-24(20,21)8-5-3-2-4-7(8)23-12(14,15)16/h2-6H,1H3,(H,17,19). The molecule has 2 aromatic rings. The van der Waals surface area contributed by atoms with E-state index in [1.807, 2.05) is 4.72 Å². The molecule has 0 spiro atoms. The maximum atomic E-state index is 12.4. The Morgan fingerprint density at radius 3 is 2.54 bits per heavy atom. The normalized spacial score (nSPS) is 11.9. The van der Waals surface area contributed by atoms with Crippen molar-refractivity contribution < 1.29 is 31.1 Å². The van der Waals surface area contributed by atoms with Crippen molar-refractivity contribution in [3.05, 3.63) is 35.1 Å². The van der Waals surface area contributed by atoms with Crippen LogP contribution >= 0.6 is 15.9 Å². The number of sulfonamides is 1. The zero-order chi connectivity index (χ0) is 18.0. The summed E-state index contributed by atoms with van der Waals surface area (Å²) in [7, 11) is -3.20. The van der Waals surface area contributed by atoms with Gasteiger partial charge in [-0.3, -0.25) is 4.72 Å². The van der Waals surface area contributed by atoms with Gasteiger partial charge in [0.15, 0.2) is 0 Å². The predicted molar refractivity (Wildman–Crippen MR) is 80.2 cm³/mol. The van der Waals surface area contributed by atoms with Gasteiger partial charge in [-0.15, -0.1) is 13.2 Å². The summed E-state index contributed by atoms with van der Waals surface area (Å²) >= 11 is 3.03. The number of ether oxygens (including phenoxy) is 2. The third kappa shape index (κ3) is 4.47. The van der Waals surface area contributed by atoms with Crippen LogP contribution in [0.25, 0.3) is 0 Å². The predicted octanol–water partition coefficient (Wildman–Crippen LogP) is 2.95. The molecule has 0 aliphatic rings. The number of para-hydroxylation sites is 1. The third-order valence-corrected chi connectivity index (χ3v) is 4.26. The molecule has 130 valence electrons. The molecule has 0 radical (unpaired) electrons. The van der Waals surface area contributed by atoms with Gasteiger partial charge in [0.05, 0.1) is 13.3 Å². The molecular formula is C12H9BrF3N3O4S. The molecule has 12 heteroatoms. The summed E-state index contributed by atoms with van der Waals surface area (Å²) < 4.78 is 72.9. The van der Waals surface area contributed by atoms with Crippen LogP contribution in [0.5, 0.6) is 11.6 Å². The van der Waals surface area contributed by atoms with E-state index < -0.39 is 27.0 Å². The lowest BCUT2D eigenvalue weighted by Gasteiger charge is -2.14. The molecule has 0 unspecified atom stereocenters. The van der Waals surface area contributed by atoms with E-state index in [0.717, 1.165) is 12.1 Å². The molecule has 1 heterocycles. The van der Waals surface area contributed by atoms with E-state index in [1.54, 1.807) is 0 Å². The molecule has 0 saturated heterocycles. The molecule has 0 atom stereocenters. The SMILES string of the molecule is COc1nc(Br)cnc1NS(=O)(=O)c1ccccc1OC(F)(F)F. The van der Waals surface area contributed by atoms with Crippen molar-refractivity contribution >= 4 is 31.8 Å². The number of nitrogens with one attached hydrogen (secondary N) is 1. The summed E-state index contributed by atoms with van der Waals surface area (Å²) in [4.78, 5) is 6.91. The summed E-state index contributed by atoms with van der Waals surface area (Å²) in [6, 6.07) is 4.30. The highest BCUT2D eigenvalue weighted by atomic mass is 79.9. The Balaban J connectivity index is 2.42. The number of hydrogen-bond acceptors (Lipinski definition) is 6. The number of anilines is 1. The average molecular weight is 428 g/mol. The Morgan fingerprint density at radius 1 is 1.25 bits per heavy atom. The van der Waals surface area contributed by atoms with Gasteiger partial charge in [-0.25, -0.2) is 18.4 Å². The molecule has 1 aromatic carbocycles. The first-order valence-electron chi connectivity index (χ1n) is 6.06. The van der Waals surface area contributed by atoms with Crippen LogP contribution in [-0.2, 0) is 10.0 Å². The fourth-order valence-corrected chi connectivity index (χ4v) is 3.03. The minimum Gasteiger partial charge on any atom is -0.478 e. The topological polar surface area (TPSA) is 90.4 Å². The number of rotatable bonds is 5. The van der Waals surface area contributed by atoms with E-state index in [-0.39, 0.29) is 16.3 Å². The van der Waals surface area contributed by atoms with Gasteiger partial charge in [0.2, 0.25) is 5.82 Å². The number of alkyl halides is 3. The van der Waals surface area contributed by atoms with Gasteiger partial charge < -0.3 is 9.47 Å². The maximum Gasteiger partial charge on any atom is 0.573 e. The van der Waals surface area contributed by atoms with Crippen molar-refractivity contribution in [1.29, 1.82) is 0 Å². The molecule has 0 aliphatic carbocycles. The number of nitrogens with zero attached hydrogens (tertiary/aromatic N) is 2. The molecule has 7 nitrogen and oxygen atoms in total. The summed E-state index contributed by atoms with van der Waals surface area (Å²) in [5.41, 5.74) is 0. The van der Waals surface area contributed by atoms with Gasteiger partial charge in [-0.05, 0) is 28.1 Å². The molecule has 0 bridgehead atoms. The molecule has 0 amide bonds. The van der Waals surface area contributed by atoms with Crippen molar-refractivity contribution in [2.75, 3.05) is 11.8 Å². The fraction of sp³-hybridized carbons (Fsp3) is 0.167. The van der Waals surface area contributed by atoms with E-state index >= 15 is 0 Å². The van der Waals surface area contributed by atoms with Crippen LogP contribution in [0.3, 0.4) is 0 Å². The van der Waals surface area contributed by atoms with Gasteiger partial charge in [-0.1, -0.05) is 12.1 Å². The Morgan fingerprint density at radius 2 is 1.92 bits per heavy atom. The second kappa shape index (κ2) is 6.81. The van der Waals surface area contributed by atoms with E-state index in [4.69, 9.17) is 4.74 Å². The molecule has 1 N–H and O–H groups in total. The second-order valence-electron chi connectivity index (χ2n) is 4.15. The largest absolute Gasteiger partial charge is 0.573 e. The summed E-state index contributed by atoms with van der Waals surface area (Å²) in [5, 5.41) is 0. The Bertz CT molecular complexity index is 846. The van der Waals surface area contributed by atoms with Crippen LogP contribution in [0.15, 0.2) is 40.0 Å². The summed E-state index contributed by atoms with van der Waals surface area (Å²) in [6.07, 6.45) is -3.85. The number of halogens is 4. The minimum absolute atomic E-state index is 0.165. The Labute approximate surface area is 143 Å². The van der Waals surface area contributed by atoms with E-state index in [2.05, 4.69) is 30.6 Å². The van der Waals surface area contributed by atoms with Gasteiger partial charge in [0.1, 0.15) is 15.2 Å². The Hall–Kier alpha value is -2.08. The number of hydrogen-bond donors (Lipinski definition) is 1. The number of methoxy groups -OCH3 is 1. The zero-order valence-corrected chi connectivity index (χ0v) is 14.2. The smallest absolute Gasteiger partial charge is 0.478 e. The lowest BCUT2D eigenvalue weighted by molar-refractivity contribution is -0.275. The van der Waals surface area contributed by atoms with E-state index in [1.165, 1.54) is 25.4 Å². The van der Waals surface area contributed by atoms with Crippen molar-refractivity contribution in [2.24, 2.45) is 0 Å². The van der Waals surface area contributed by atoms with Gasteiger partial charge in [-0.2, -0.15) is 0 Å². The van der Waals surface area contributed by atoms with Gasteiger partial charge in [0, 0.05) is 0 Å². The molecule has 1 aromatic heterocycles. The monoisotopic (exact) mass is 427 g/mol. The van der Waals surface area contributed by atoms with Crippen molar-refractivity contribution in [3.8, 4) is 11.6 Å². The van der Waals surface area contributed by atoms with Crippen LogP contribution in [0.1, 0.15) is 0 Å². The van der Waals surface area contributed by atoms with Crippen molar-refractivity contribution in [3.63, 3.8) is 0 Å². The van der Waals surface area contributed by atoms with Crippen LogP contribution in [0, 0.1) is 0 Å². The molecule has 24 heavy (non-hydrogen) atoms. The van der Waals surface area contributed by atoms with Crippen molar-refractivity contribution in [1.82, 2.24) is 9.97 Å². The first-order valence-corrected chi connectivity index (χ1v) is 8.34. The molecular weight excluding hydrogens is 419 g/mol. The van der Waals surface area contributed by atoms with E-state index in [9.17, 15) is 21.6 Å². The third-order valence-electron chi connectivity index (χ3n) is 2.50. The highest BCUT2D eigenvalue weighted by molar-refractivity contribution is 9.10. The second-order valence-corrected chi connectivity index (χ2v) is 6.61. The van der Waals surface area contributed by atoms with Crippen LogP contribution in [0.2, 0.25) is 0 Å². The van der Waals surface area contributed by atoms with Crippen LogP contribution in [-0.4, -0.2) is 31.9 Å². The first-order chi connectivity index (χ1) is 11.1. The Kier molecular flexibility index (Phi) is 5.18. The minimum atomic E-state index is -5.04. The molecule has 0 fully saturated rings. The summed E-state index contributed by atoms with van der Waals surface area (Å²) in [6.45, 7) is 0. The summed E-state index contributed by atoms with van der Waals surface area (Å²) in [5.74, 6) is -1.33. The molecule has 0 saturated carbocycles. The number of aromatic nitrogens is 2. The zero-order valence-electron chi connectivity index (χ0n) is 11.8. The highest BCUT2D eigenvalue weighted by Crippen LogP contribution is 2.31. The van der Waals surface area contributed by atoms with Crippen LogP contribution in [0.4, 0.5) is 19.0 Å². The van der Waals surface area contributed by atoms with Crippen LogP contribution < -0.4 is 14.2 Å². The van der Waals surface area contributed by atoms with Gasteiger partial charge in [0.25, 0.3) is 15.9 Å². The lowest BCUT2D eigenvalue weighted by Crippen LogP contribution is -2.21. The fourth-order valence-electron chi connectivity index (χ4n) is 1.63. The lowest BCUT2D eigenvalue weighted by atomic mass is 10.3. The number of benzene rings is 1. The highest BCUT2D eigenvalue weighted by Gasteiger charge is 2.34. The van der Waals surface area contributed by atoms with E-state index in [0.29, 0.717) is 0 Å². The quantitative estimate of drug-likeness (QED) is 0.788. The average Bonchev–Trinajstić information content (AvgIpc) is 2.47. The van der Waals surface area contributed by atoms with Crippen molar-refractivity contribution in [2.45, 2.75) is 11.3 Å². The van der Waals surface area contributed by atoms with Gasteiger partial charge >= 0.3 is 6.36 Å². The first kappa shape index (κ1) is 18.3.